The molecule has 3 unspecified atom stereocenters. The number of thiophene rings is 1. The van der Waals surface area contributed by atoms with Crippen molar-refractivity contribution in [3.8, 4) is 0 Å². The van der Waals surface area contributed by atoms with Crippen molar-refractivity contribution in [1.29, 1.82) is 0 Å². The Hall–Kier alpha value is -0.950. The molecule has 0 bridgehead atoms. The molecule has 1 aromatic carbocycles. The van der Waals surface area contributed by atoms with Crippen LogP contribution in [0.25, 0.3) is 0 Å². The fourth-order valence-electron chi connectivity index (χ4n) is 3.73. The average Bonchev–Trinajstić information content (AvgIpc) is 3.10. The third-order valence-electron chi connectivity index (χ3n) is 5.09. The lowest BCUT2D eigenvalue weighted by Crippen LogP contribution is -2.30. The highest BCUT2D eigenvalue weighted by atomic mass is 35.5. The van der Waals surface area contributed by atoms with Crippen LogP contribution in [-0.2, 0) is 28.9 Å². The highest BCUT2D eigenvalue weighted by molar-refractivity contribution is 7.12. The van der Waals surface area contributed by atoms with E-state index in [0.29, 0.717) is 17.9 Å². The van der Waals surface area contributed by atoms with Crippen LogP contribution in [-0.4, -0.2) is 35.6 Å². The van der Waals surface area contributed by atoms with Gasteiger partial charge in [0.15, 0.2) is 0 Å². The fraction of sp³-hybridized carbons (Fsp3) is 0.545. The van der Waals surface area contributed by atoms with Crippen LogP contribution in [0.5, 0.6) is 0 Å². The smallest absolute Gasteiger partial charge is 0.0856 e. The molecule has 0 radical (unpaired) electrons. The highest BCUT2D eigenvalue weighted by Gasteiger charge is 2.29. The number of hydrogen-bond acceptors (Lipinski definition) is 5. The summed E-state index contributed by atoms with van der Waals surface area (Å²) in [6, 6.07) is 8.18. The highest BCUT2D eigenvalue weighted by Crippen LogP contribution is 2.36. The Labute approximate surface area is 176 Å². The van der Waals surface area contributed by atoms with E-state index in [0.717, 1.165) is 42.7 Å². The summed E-state index contributed by atoms with van der Waals surface area (Å²) in [7, 11) is 0. The van der Waals surface area contributed by atoms with Gasteiger partial charge in [-0.15, -0.1) is 11.3 Å². The number of ether oxygens (including phenoxy) is 2. The second-order valence-corrected chi connectivity index (χ2v) is 9.01. The summed E-state index contributed by atoms with van der Waals surface area (Å²) in [6.45, 7) is 5.36. The van der Waals surface area contributed by atoms with Crippen molar-refractivity contribution in [2.45, 2.75) is 64.4 Å². The van der Waals surface area contributed by atoms with Crippen LogP contribution in [0.4, 0.5) is 0 Å². The van der Waals surface area contributed by atoms with Crippen molar-refractivity contribution >= 4 is 22.9 Å². The lowest BCUT2D eigenvalue weighted by molar-refractivity contribution is -0.0901. The van der Waals surface area contributed by atoms with E-state index in [9.17, 15) is 10.2 Å². The summed E-state index contributed by atoms with van der Waals surface area (Å²) in [5, 5.41) is 20.6. The van der Waals surface area contributed by atoms with Crippen LogP contribution in [0.3, 0.4) is 0 Å². The standard InChI is InChI=1S/C22H29ClO4S/c1-3-26-7-6-18-4-5-19(28-18)9-15-10-20(16(13-24)11-21(15)23)22-12-17(25)8-14(2)27-22/h4-5,10-11,14,17,22,24-25H,3,6-9,12-13H2,1-2H3. The van der Waals surface area contributed by atoms with Crippen molar-refractivity contribution in [2.75, 3.05) is 13.2 Å². The maximum atomic E-state index is 10.1. The molecule has 0 aliphatic carbocycles. The van der Waals surface area contributed by atoms with Gasteiger partial charge < -0.3 is 19.7 Å². The normalized spacial score (nSPS) is 22.5. The Balaban J connectivity index is 1.80. The second-order valence-electron chi connectivity index (χ2n) is 7.35. The molecule has 2 N–H and O–H groups in total. The zero-order valence-corrected chi connectivity index (χ0v) is 18.1. The molecular formula is C22H29ClO4S. The molecule has 1 aliphatic rings. The molecule has 1 aliphatic heterocycles. The Morgan fingerprint density at radius 3 is 2.71 bits per heavy atom. The number of halogens is 1. The van der Waals surface area contributed by atoms with Gasteiger partial charge in [-0.1, -0.05) is 17.7 Å². The van der Waals surface area contributed by atoms with Crippen LogP contribution >= 0.6 is 22.9 Å². The molecule has 0 spiro atoms. The molecule has 1 saturated heterocycles. The molecule has 4 nitrogen and oxygen atoms in total. The Morgan fingerprint density at radius 1 is 1.21 bits per heavy atom. The summed E-state index contributed by atoms with van der Waals surface area (Å²) >= 11 is 8.30. The molecular weight excluding hydrogens is 396 g/mol. The molecule has 0 saturated carbocycles. The van der Waals surface area contributed by atoms with Crippen molar-refractivity contribution in [3.05, 3.63) is 55.7 Å². The number of aliphatic hydroxyl groups excluding tert-OH is 2. The van der Waals surface area contributed by atoms with Gasteiger partial charge in [-0.25, -0.2) is 0 Å². The fourth-order valence-corrected chi connectivity index (χ4v) is 5.00. The quantitative estimate of drug-likeness (QED) is 0.605. The predicted octanol–water partition coefficient (Wildman–Crippen LogP) is 4.66. The molecule has 2 heterocycles. The third kappa shape index (κ3) is 5.56. The van der Waals surface area contributed by atoms with Gasteiger partial charge in [0, 0.05) is 40.6 Å². The van der Waals surface area contributed by atoms with Gasteiger partial charge in [0.25, 0.3) is 0 Å². The van der Waals surface area contributed by atoms with Gasteiger partial charge in [-0.3, -0.25) is 0 Å². The first-order valence-corrected chi connectivity index (χ1v) is 11.1. The van der Waals surface area contributed by atoms with Gasteiger partial charge in [0.1, 0.15) is 0 Å². The molecule has 3 rings (SSSR count). The van der Waals surface area contributed by atoms with Gasteiger partial charge in [-0.05, 0) is 55.2 Å². The SMILES string of the molecule is CCOCCc1ccc(Cc2cc(C3CC(O)CC(C)O3)c(CO)cc2Cl)s1. The lowest BCUT2D eigenvalue weighted by atomic mass is 9.91. The predicted molar refractivity (Wildman–Crippen MR) is 113 cm³/mol. The third-order valence-corrected chi connectivity index (χ3v) is 6.59. The van der Waals surface area contributed by atoms with E-state index in [1.807, 2.05) is 26.0 Å². The minimum absolute atomic E-state index is 0.00962. The second kappa shape index (κ2) is 10.2. The summed E-state index contributed by atoms with van der Waals surface area (Å²) in [5.74, 6) is 0. The molecule has 0 amide bonds. The van der Waals surface area contributed by atoms with Gasteiger partial charge >= 0.3 is 0 Å². The van der Waals surface area contributed by atoms with Crippen molar-refractivity contribution in [3.63, 3.8) is 0 Å². The number of benzene rings is 1. The number of aliphatic hydroxyl groups is 2. The van der Waals surface area contributed by atoms with E-state index < -0.39 is 0 Å². The van der Waals surface area contributed by atoms with Crippen molar-refractivity contribution in [2.24, 2.45) is 0 Å². The molecule has 2 aromatic rings. The van der Waals surface area contributed by atoms with E-state index in [1.165, 1.54) is 9.75 Å². The molecule has 1 fully saturated rings. The largest absolute Gasteiger partial charge is 0.393 e. The monoisotopic (exact) mass is 424 g/mol. The summed E-state index contributed by atoms with van der Waals surface area (Å²) in [5.41, 5.74) is 2.72. The molecule has 154 valence electrons. The summed E-state index contributed by atoms with van der Waals surface area (Å²) in [6.07, 6.45) is 2.23. The Kier molecular flexibility index (Phi) is 7.92. The number of rotatable bonds is 8. The zero-order chi connectivity index (χ0) is 20.1. The van der Waals surface area contributed by atoms with Gasteiger partial charge in [0.05, 0.1) is 31.5 Å². The minimum Gasteiger partial charge on any atom is -0.393 e. The van der Waals surface area contributed by atoms with E-state index in [1.54, 1.807) is 11.3 Å². The number of hydrogen-bond donors (Lipinski definition) is 2. The van der Waals surface area contributed by atoms with E-state index in [-0.39, 0.29) is 24.9 Å². The van der Waals surface area contributed by atoms with Crippen LogP contribution < -0.4 is 0 Å². The van der Waals surface area contributed by atoms with Crippen LogP contribution in [0, 0.1) is 0 Å². The topological polar surface area (TPSA) is 58.9 Å². The molecule has 6 heteroatoms. The first-order valence-electron chi connectivity index (χ1n) is 9.91. The summed E-state index contributed by atoms with van der Waals surface area (Å²) < 4.78 is 11.5. The molecule has 3 atom stereocenters. The van der Waals surface area contributed by atoms with Gasteiger partial charge in [-0.2, -0.15) is 0 Å². The first kappa shape index (κ1) is 21.8. The van der Waals surface area contributed by atoms with E-state index in [2.05, 4.69) is 12.1 Å². The summed E-state index contributed by atoms with van der Waals surface area (Å²) in [4.78, 5) is 2.55. The Morgan fingerprint density at radius 2 is 2.00 bits per heavy atom. The average molecular weight is 425 g/mol. The molecule has 1 aromatic heterocycles. The maximum absolute atomic E-state index is 10.1. The van der Waals surface area contributed by atoms with Crippen LogP contribution in [0.1, 0.15) is 59.2 Å². The lowest BCUT2D eigenvalue weighted by Gasteiger charge is -2.33. The van der Waals surface area contributed by atoms with E-state index >= 15 is 0 Å². The van der Waals surface area contributed by atoms with Crippen molar-refractivity contribution < 1.29 is 19.7 Å². The van der Waals surface area contributed by atoms with Gasteiger partial charge in [0.2, 0.25) is 0 Å². The maximum Gasteiger partial charge on any atom is 0.0856 e. The van der Waals surface area contributed by atoms with Crippen LogP contribution in [0.15, 0.2) is 24.3 Å². The van der Waals surface area contributed by atoms with E-state index in [4.69, 9.17) is 21.1 Å². The zero-order valence-electron chi connectivity index (χ0n) is 16.5. The van der Waals surface area contributed by atoms with Crippen molar-refractivity contribution in [1.82, 2.24) is 0 Å². The molecule has 28 heavy (non-hydrogen) atoms. The van der Waals surface area contributed by atoms with Crippen LogP contribution in [0.2, 0.25) is 5.02 Å². The minimum atomic E-state index is -0.385. The first-order chi connectivity index (χ1) is 13.5. The Bertz CT molecular complexity index is 766.